The third kappa shape index (κ3) is 2.55. The first-order valence-corrected chi connectivity index (χ1v) is 6.37. The molecule has 0 spiro atoms. The Morgan fingerprint density at radius 3 is 2.90 bits per heavy atom. The highest BCUT2D eigenvalue weighted by Gasteiger charge is 2.09. The molecule has 0 radical (unpaired) electrons. The predicted molar refractivity (Wildman–Crippen MR) is 76.6 cm³/mol. The molecule has 6 nitrogen and oxygen atoms in total. The van der Waals surface area contributed by atoms with Gasteiger partial charge in [-0.05, 0) is 35.9 Å². The first-order chi connectivity index (χ1) is 10.2. The van der Waals surface area contributed by atoms with E-state index in [4.69, 9.17) is 9.84 Å². The van der Waals surface area contributed by atoms with Crippen LogP contribution in [0.5, 0.6) is 5.75 Å². The fourth-order valence-electron chi connectivity index (χ4n) is 2.16. The molecule has 3 aromatic rings. The zero-order valence-corrected chi connectivity index (χ0v) is 11.4. The van der Waals surface area contributed by atoms with Crippen molar-refractivity contribution in [1.82, 2.24) is 15.0 Å². The molecule has 0 saturated heterocycles. The molecule has 0 atom stereocenters. The van der Waals surface area contributed by atoms with Crippen molar-refractivity contribution in [2.75, 3.05) is 7.11 Å². The summed E-state index contributed by atoms with van der Waals surface area (Å²) >= 11 is 0. The highest BCUT2D eigenvalue weighted by molar-refractivity contribution is 5.92. The normalized spacial score (nSPS) is 10.7. The summed E-state index contributed by atoms with van der Waals surface area (Å²) in [6, 6.07) is 12.4. The van der Waals surface area contributed by atoms with Gasteiger partial charge in [-0.15, -0.1) is 5.10 Å². The average molecular weight is 283 g/mol. The van der Waals surface area contributed by atoms with Gasteiger partial charge in [-0.1, -0.05) is 17.3 Å². The van der Waals surface area contributed by atoms with Crippen LogP contribution in [0.4, 0.5) is 0 Å². The number of hydrogen-bond donors (Lipinski definition) is 1. The second-order valence-electron chi connectivity index (χ2n) is 4.61. The molecular formula is C15H13N3O3. The van der Waals surface area contributed by atoms with Gasteiger partial charge in [-0.3, -0.25) is 0 Å². The first kappa shape index (κ1) is 13.1. The molecule has 0 aliphatic carbocycles. The Hall–Kier alpha value is -2.89. The van der Waals surface area contributed by atoms with Crippen molar-refractivity contribution < 1.29 is 14.6 Å². The summed E-state index contributed by atoms with van der Waals surface area (Å²) in [5.74, 6) is -0.200. The zero-order chi connectivity index (χ0) is 14.8. The maximum absolute atomic E-state index is 11.1. The van der Waals surface area contributed by atoms with Crippen molar-refractivity contribution in [3.05, 3.63) is 53.6 Å². The second-order valence-corrected chi connectivity index (χ2v) is 4.61. The van der Waals surface area contributed by atoms with Gasteiger partial charge in [0, 0.05) is 0 Å². The number of nitrogens with zero attached hydrogens (tertiary/aromatic N) is 3. The fourth-order valence-corrected chi connectivity index (χ4v) is 2.16. The van der Waals surface area contributed by atoms with E-state index in [0.29, 0.717) is 17.6 Å². The summed E-state index contributed by atoms with van der Waals surface area (Å²) in [5, 5.41) is 17.2. The number of fused-ring (bicyclic) bond motifs is 1. The van der Waals surface area contributed by atoms with Crippen molar-refractivity contribution in [3.8, 4) is 5.75 Å². The van der Waals surface area contributed by atoms with Crippen molar-refractivity contribution in [2.45, 2.75) is 6.54 Å². The summed E-state index contributed by atoms with van der Waals surface area (Å²) in [7, 11) is 1.61. The summed E-state index contributed by atoms with van der Waals surface area (Å²) < 4.78 is 6.87. The summed E-state index contributed by atoms with van der Waals surface area (Å²) in [6.07, 6.45) is 0. The van der Waals surface area contributed by atoms with Crippen LogP contribution >= 0.6 is 0 Å². The van der Waals surface area contributed by atoms with Crippen molar-refractivity contribution in [2.24, 2.45) is 0 Å². The maximum Gasteiger partial charge on any atom is 0.335 e. The van der Waals surface area contributed by atoms with E-state index in [9.17, 15) is 4.79 Å². The van der Waals surface area contributed by atoms with E-state index < -0.39 is 5.97 Å². The fraction of sp³-hybridized carbons (Fsp3) is 0.133. The van der Waals surface area contributed by atoms with E-state index in [-0.39, 0.29) is 5.56 Å². The Kier molecular flexibility index (Phi) is 3.27. The SMILES string of the molecule is COc1cccc(Cn2nnc3ccc(C(=O)O)cc32)c1. The van der Waals surface area contributed by atoms with Crippen LogP contribution in [0.3, 0.4) is 0 Å². The lowest BCUT2D eigenvalue weighted by Gasteiger charge is -2.05. The number of aromatic nitrogens is 3. The van der Waals surface area contributed by atoms with Crippen LogP contribution < -0.4 is 4.74 Å². The summed E-state index contributed by atoms with van der Waals surface area (Å²) in [6.45, 7) is 0.497. The zero-order valence-electron chi connectivity index (χ0n) is 11.4. The number of benzene rings is 2. The van der Waals surface area contributed by atoms with E-state index in [1.165, 1.54) is 6.07 Å². The number of ether oxygens (including phenoxy) is 1. The van der Waals surface area contributed by atoms with Crippen LogP contribution in [0.15, 0.2) is 42.5 Å². The van der Waals surface area contributed by atoms with Gasteiger partial charge in [0.25, 0.3) is 0 Å². The highest BCUT2D eigenvalue weighted by Crippen LogP contribution is 2.17. The van der Waals surface area contributed by atoms with Crippen molar-refractivity contribution >= 4 is 17.0 Å². The van der Waals surface area contributed by atoms with Crippen LogP contribution in [0, 0.1) is 0 Å². The number of carboxylic acids is 1. The second kappa shape index (κ2) is 5.24. The molecule has 1 heterocycles. The molecule has 2 aromatic carbocycles. The van der Waals surface area contributed by atoms with Gasteiger partial charge in [0.2, 0.25) is 0 Å². The Labute approximate surface area is 120 Å². The van der Waals surface area contributed by atoms with Crippen LogP contribution in [0.25, 0.3) is 11.0 Å². The van der Waals surface area contributed by atoms with Crippen molar-refractivity contribution in [1.29, 1.82) is 0 Å². The third-order valence-electron chi connectivity index (χ3n) is 3.23. The maximum atomic E-state index is 11.1. The van der Waals surface area contributed by atoms with Gasteiger partial charge in [-0.2, -0.15) is 0 Å². The molecule has 21 heavy (non-hydrogen) atoms. The van der Waals surface area contributed by atoms with E-state index in [1.807, 2.05) is 24.3 Å². The quantitative estimate of drug-likeness (QED) is 0.794. The molecule has 0 unspecified atom stereocenters. The van der Waals surface area contributed by atoms with Crippen LogP contribution in [-0.2, 0) is 6.54 Å². The largest absolute Gasteiger partial charge is 0.497 e. The van der Waals surface area contributed by atoms with Gasteiger partial charge in [0.1, 0.15) is 11.3 Å². The van der Waals surface area contributed by atoms with E-state index in [2.05, 4.69) is 10.3 Å². The molecule has 0 saturated carbocycles. The lowest BCUT2D eigenvalue weighted by molar-refractivity contribution is 0.0697. The number of carboxylic acid groups (broad SMARTS) is 1. The first-order valence-electron chi connectivity index (χ1n) is 6.37. The van der Waals surface area contributed by atoms with Gasteiger partial charge < -0.3 is 9.84 Å². The number of carbonyl (C=O) groups is 1. The molecular weight excluding hydrogens is 270 g/mol. The number of hydrogen-bond acceptors (Lipinski definition) is 4. The number of rotatable bonds is 4. The van der Waals surface area contributed by atoms with Gasteiger partial charge >= 0.3 is 5.97 Å². The minimum absolute atomic E-state index is 0.219. The highest BCUT2D eigenvalue weighted by atomic mass is 16.5. The summed E-state index contributed by atoms with van der Waals surface area (Å²) in [4.78, 5) is 11.1. The third-order valence-corrected chi connectivity index (χ3v) is 3.23. The van der Waals surface area contributed by atoms with Gasteiger partial charge in [0.15, 0.2) is 0 Å². The summed E-state index contributed by atoms with van der Waals surface area (Å²) in [5.41, 5.74) is 2.58. The monoisotopic (exact) mass is 283 g/mol. The number of aromatic carboxylic acids is 1. The molecule has 0 aliphatic heterocycles. The average Bonchev–Trinajstić information content (AvgIpc) is 2.90. The van der Waals surface area contributed by atoms with E-state index in [0.717, 1.165) is 11.3 Å². The Balaban J connectivity index is 1.99. The Morgan fingerprint density at radius 1 is 1.29 bits per heavy atom. The molecule has 0 fully saturated rings. The predicted octanol–water partition coefficient (Wildman–Crippen LogP) is 2.19. The van der Waals surface area contributed by atoms with Gasteiger partial charge in [0.05, 0.1) is 24.7 Å². The smallest absolute Gasteiger partial charge is 0.335 e. The van der Waals surface area contributed by atoms with E-state index >= 15 is 0 Å². The standard InChI is InChI=1S/C15H13N3O3/c1-21-12-4-2-3-10(7-12)9-18-14-8-11(15(19)20)5-6-13(14)16-17-18/h2-8H,9H2,1H3,(H,19,20). The van der Waals surface area contributed by atoms with Crippen molar-refractivity contribution in [3.63, 3.8) is 0 Å². The molecule has 1 aromatic heterocycles. The van der Waals surface area contributed by atoms with E-state index in [1.54, 1.807) is 23.9 Å². The lowest BCUT2D eigenvalue weighted by atomic mass is 10.2. The molecule has 0 aliphatic rings. The molecule has 0 amide bonds. The molecule has 3 rings (SSSR count). The molecule has 6 heteroatoms. The van der Waals surface area contributed by atoms with Crippen LogP contribution in [0.1, 0.15) is 15.9 Å². The Morgan fingerprint density at radius 2 is 2.14 bits per heavy atom. The topological polar surface area (TPSA) is 77.2 Å². The molecule has 106 valence electrons. The molecule has 0 bridgehead atoms. The van der Waals surface area contributed by atoms with Crippen LogP contribution in [-0.4, -0.2) is 33.2 Å². The number of methoxy groups -OCH3 is 1. The Bertz CT molecular complexity index is 811. The van der Waals surface area contributed by atoms with Gasteiger partial charge in [-0.25, -0.2) is 9.48 Å². The lowest BCUT2D eigenvalue weighted by Crippen LogP contribution is -2.03. The molecule has 1 N–H and O–H groups in total. The minimum Gasteiger partial charge on any atom is -0.497 e. The minimum atomic E-state index is -0.967. The van der Waals surface area contributed by atoms with Crippen LogP contribution in [0.2, 0.25) is 0 Å².